The van der Waals surface area contributed by atoms with Gasteiger partial charge in [0.2, 0.25) is 0 Å². The summed E-state index contributed by atoms with van der Waals surface area (Å²) >= 11 is 0. The molecule has 0 aliphatic rings. The highest BCUT2D eigenvalue weighted by Gasteiger charge is 2.19. The summed E-state index contributed by atoms with van der Waals surface area (Å²) in [6, 6.07) is 0. The highest BCUT2D eigenvalue weighted by atomic mass is 16.6. The van der Waals surface area contributed by atoms with Crippen LogP contribution in [-0.2, 0) is 28.6 Å². The van der Waals surface area contributed by atoms with Crippen LogP contribution in [0.1, 0.15) is 303 Å². The van der Waals surface area contributed by atoms with E-state index in [9.17, 15) is 14.4 Å². The van der Waals surface area contributed by atoms with E-state index in [2.05, 4.69) is 167 Å². The molecule has 6 nitrogen and oxygen atoms in total. The minimum atomic E-state index is -0.807. The summed E-state index contributed by atoms with van der Waals surface area (Å²) in [4.78, 5) is 38.5. The third kappa shape index (κ3) is 68.0. The first-order valence-corrected chi connectivity index (χ1v) is 34.3. The number of ether oxygens (including phenoxy) is 3. The molecule has 0 saturated carbocycles. The Kier molecular flexibility index (Phi) is 65.8. The third-order valence-electron chi connectivity index (χ3n) is 14.3. The van der Waals surface area contributed by atoms with Crippen LogP contribution >= 0.6 is 0 Å². The van der Waals surface area contributed by atoms with Crippen LogP contribution in [0.25, 0.3) is 0 Å². The van der Waals surface area contributed by atoms with Crippen molar-refractivity contribution in [2.75, 3.05) is 13.2 Å². The lowest BCUT2D eigenvalue weighted by molar-refractivity contribution is -0.167. The molecule has 1 unspecified atom stereocenters. The summed E-state index contributed by atoms with van der Waals surface area (Å²) in [5.41, 5.74) is 0. The molecule has 0 aliphatic carbocycles. The van der Waals surface area contributed by atoms with Gasteiger partial charge < -0.3 is 14.2 Å². The molecule has 0 fully saturated rings. The minimum Gasteiger partial charge on any atom is -0.462 e. The van der Waals surface area contributed by atoms with E-state index in [4.69, 9.17) is 14.2 Å². The molecule has 470 valence electrons. The van der Waals surface area contributed by atoms with Gasteiger partial charge in [-0.2, -0.15) is 0 Å². The Bertz CT molecular complexity index is 1800. The Morgan fingerprint density at radius 1 is 0.253 bits per heavy atom. The lowest BCUT2D eigenvalue weighted by Gasteiger charge is -2.18. The predicted octanol–water partition coefficient (Wildman–Crippen LogP) is 23.9. The molecule has 0 rings (SSSR count). The van der Waals surface area contributed by atoms with E-state index in [1.165, 1.54) is 122 Å². The number of carbonyl (C=O) groups excluding carboxylic acids is 3. The van der Waals surface area contributed by atoms with Gasteiger partial charge in [0.15, 0.2) is 6.10 Å². The average Bonchev–Trinajstić information content (AvgIpc) is 3.49. The number of unbranched alkanes of at least 4 members (excludes halogenated alkanes) is 26. The Balaban J connectivity index is 4.47. The van der Waals surface area contributed by atoms with Gasteiger partial charge >= 0.3 is 17.9 Å². The maximum absolute atomic E-state index is 13.0. The number of allylic oxidation sites excluding steroid dienone is 24. The van der Waals surface area contributed by atoms with Gasteiger partial charge in [-0.1, -0.05) is 289 Å². The topological polar surface area (TPSA) is 78.9 Å². The second kappa shape index (κ2) is 69.8. The number of esters is 3. The molecule has 0 aliphatic heterocycles. The van der Waals surface area contributed by atoms with Crippen LogP contribution in [0.4, 0.5) is 0 Å². The third-order valence-corrected chi connectivity index (χ3v) is 14.3. The van der Waals surface area contributed by atoms with E-state index < -0.39 is 6.10 Å². The van der Waals surface area contributed by atoms with Gasteiger partial charge in [0.1, 0.15) is 13.2 Å². The van der Waals surface area contributed by atoms with E-state index in [-0.39, 0.29) is 31.1 Å². The van der Waals surface area contributed by atoms with Gasteiger partial charge in [0, 0.05) is 19.3 Å². The summed E-state index contributed by atoms with van der Waals surface area (Å²) in [7, 11) is 0. The van der Waals surface area contributed by atoms with Crippen LogP contribution in [-0.4, -0.2) is 37.2 Å². The summed E-state index contributed by atoms with van der Waals surface area (Å²) in [6.45, 7) is 6.38. The van der Waals surface area contributed by atoms with Crippen molar-refractivity contribution < 1.29 is 28.6 Å². The Morgan fingerprint density at radius 3 is 0.747 bits per heavy atom. The fraction of sp³-hybridized carbons (Fsp3) is 0.649. The molecule has 0 spiro atoms. The lowest BCUT2D eigenvalue weighted by atomic mass is 10.1. The minimum absolute atomic E-state index is 0.0986. The second-order valence-electron chi connectivity index (χ2n) is 22.3. The Labute approximate surface area is 512 Å². The molecular formula is C77H126O6. The van der Waals surface area contributed by atoms with Gasteiger partial charge in [-0.25, -0.2) is 0 Å². The SMILES string of the molecule is CC/C=C\C/C=C\C/C=C\C/C=C\C/C=C\CCCCCC(=O)OCC(COC(=O)CCCCCCCCCCCC/C=C\C/C=C\C/C=C\C/C=C\CC)OC(=O)CCCCCCCCCC/C=C\C/C=C\C/C=C\CCCCCCC. The quantitative estimate of drug-likeness (QED) is 0.0261. The van der Waals surface area contributed by atoms with E-state index in [1.807, 2.05) is 0 Å². The maximum atomic E-state index is 13.0. The maximum Gasteiger partial charge on any atom is 0.306 e. The van der Waals surface area contributed by atoms with Crippen LogP contribution in [0.5, 0.6) is 0 Å². The monoisotopic (exact) mass is 1150 g/mol. The van der Waals surface area contributed by atoms with Gasteiger partial charge in [-0.05, 0) is 141 Å². The van der Waals surface area contributed by atoms with Crippen molar-refractivity contribution in [2.24, 2.45) is 0 Å². The van der Waals surface area contributed by atoms with Crippen molar-refractivity contribution >= 4 is 17.9 Å². The molecule has 0 radical (unpaired) electrons. The van der Waals surface area contributed by atoms with Crippen molar-refractivity contribution in [3.63, 3.8) is 0 Å². The zero-order valence-corrected chi connectivity index (χ0v) is 53.9. The molecule has 0 bridgehead atoms. The largest absolute Gasteiger partial charge is 0.462 e. The molecule has 0 aromatic heterocycles. The Morgan fingerprint density at radius 2 is 0.470 bits per heavy atom. The first-order chi connectivity index (χ1) is 41.0. The molecule has 6 heteroatoms. The van der Waals surface area contributed by atoms with Crippen LogP contribution in [0, 0.1) is 0 Å². The smallest absolute Gasteiger partial charge is 0.306 e. The van der Waals surface area contributed by atoms with Crippen molar-refractivity contribution in [2.45, 2.75) is 309 Å². The highest BCUT2D eigenvalue weighted by Crippen LogP contribution is 2.16. The van der Waals surface area contributed by atoms with E-state index in [0.29, 0.717) is 19.3 Å². The van der Waals surface area contributed by atoms with Gasteiger partial charge in [0.25, 0.3) is 0 Å². The first-order valence-electron chi connectivity index (χ1n) is 34.3. The molecule has 0 aromatic rings. The van der Waals surface area contributed by atoms with E-state index in [0.717, 1.165) is 141 Å². The fourth-order valence-corrected chi connectivity index (χ4v) is 9.23. The standard InChI is InChI=1S/C77H126O6/c1-4-7-10-13-16-19-22-25-28-31-34-36-38-40-43-46-49-52-55-58-61-64-67-70-76(79)82-73-74(72-81-75(78)69-66-63-60-57-54-51-48-45-42-33-30-27-24-21-18-15-12-9-6-3)83-77(80)71-68-65-62-59-56-53-50-47-44-41-39-37-35-32-29-26-23-20-17-14-11-8-5-2/h7,9-10,12,16,18-19,21,23,25-28,30,32,34-36,39,41-42,45,51,54,74H,4-6,8,11,13-15,17,20,22,24,29,31,33,37-38,40,43-44,46-50,52-53,55-73H2,1-3H3/b10-7-,12-9-,19-16-,21-18-,26-23-,28-25-,30-27-,35-32-,36-34-,41-39-,45-42-,54-51-. The van der Waals surface area contributed by atoms with Crippen molar-refractivity contribution in [3.8, 4) is 0 Å². The number of rotatable bonds is 61. The zero-order chi connectivity index (χ0) is 59.9. The van der Waals surface area contributed by atoms with Crippen molar-refractivity contribution in [3.05, 3.63) is 146 Å². The molecule has 0 heterocycles. The molecular weight excluding hydrogens is 1020 g/mol. The second-order valence-corrected chi connectivity index (χ2v) is 22.3. The summed E-state index contributed by atoms with van der Waals surface area (Å²) in [5, 5.41) is 0. The normalized spacial score (nSPS) is 13.0. The van der Waals surface area contributed by atoms with Gasteiger partial charge in [-0.3, -0.25) is 14.4 Å². The van der Waals surface area contributed by atoms with E-state index >= 15 is 0 Å². The molecule has 0 saturated heterocycles. The predicted molar refractivity (Wildman–Crippen MR) is 362 cm³/mol. The summed E-state index contributed by atoms with van der Waals surface area (Å²) in [5.74, 6) is -0.938. The summed E-state index contributed by atoms with van der Waals surface area (Å²) < 4.78 is 17.0. The Hall–Kier alpha value is -4.71. The molecule has 1 atom stereocenters. The number of carbonyl (C=O) groups is 3. The fourth-order valence-electron chi connectivity index (χ4n) is 9.23. The van der Waals surface area contributed by atoms with Crippen LogP contribution in [0.2, 0.25) is 0 Å². The van der Waals surface area contributed by atoms with Crippen molar-refractivity contribution in [1.29, 1.82) is 0 Å². The van der Waals surface area contributed by atoms with Crippen molar-refractivity contribution in [1.82, 2.24) is 0 Å². The van der Waals surface area contributed by atoms with E-state index in [1.54, 1.807) is 0 Å². The average molecular weight is 1150 g/mol. The number of hydrogen-bond acceptors (Lipinski definition) is 6. The first kappa shape index (κ1) is 78.3. The lowest BCUT2D eigenvalue weighted by Crippen LogP contribution is -2.30. The molecule has 0 amide bonds. The highest BCUT2D eigenvalue weighted by molar-refractivity contribution is 5.71. The van der Waals surface area contributed by atoms with Crippen LogP contribution in [0.15, 0.2) is 146 Å². The molecule has 0 aromatic carbocycles. The van der Waals surface area contributed by atoms with Gasteiger partial charge in [-0.15, -0.1) is 0 Å². The zero-order valence-electron chi connectivity index (χ0n) is 53.9. The molecule has 83 heavy (non-hydrogen) atoms. The summed E-state index contributed by atoms with van der Waals surface area (Å²) in [6.07, 6.45) is 100.0. The van der Waals surface area contributed by atoms with Gasteiger partial charge in [0.05, 0.1) is 0 Å². The number of hydrogen-bond donors (Lipinski definition) is 0. The molecule has 0 N–H and O–H groups in total. The van der Waals surface area contributed by atoms with Crippen LogP contribution < -0.4 is 0 Å². The van der Waals surface area contributed by atoms with Crippen LogP contribution in [0.3, 0.4) is 0 Å².